The first-order valence-electron chi connectivity index (χ1n) is 5.32. The van der Waals surface area contributed by atoms with E-state index in [1.165, 1.54) is 6.92 Å². The van der Waals surface area contributed by atoms with Crippen LogP contribution in [0.1, 0.15) is 32.6 Å². The fourth-order valence-corrected chi connectivity index (χ4v) is 1.87. The summed E-state index contributed by atoms with van der Waals surface area (Å²) in [6.07, 6.45) is -1.11. The normalized spacial score (nSPS) is 17.5. The minimum Gasteiger partial charge on any atom is -0.351 e. The molecule has 0 saturated heterocycles. The van der Waals surface area contributed by atoms with Gasteiger partial charge in [-0.3, -0.25) is 0 Å². The van der Waals surface area contributed by atoms with Crippen molar-refractivity contribution in [1.29, 1.82) is 0 Å². The van der Waals surface area contributed by atoms with Gasteiger partial charge in [0.15, 0.2) is 0 Å². The molecule has 2 amide bonds. The van der Waals surface area contributed by atoms with E-state index in [9.17, 15) is 18.0 Å². The molecule has 3 N–H and O–H groups in total. The summed E-state index contributed by atoms with van der Waals surface area (Å²) in [5, 5.41) is 2.29. The number of allylic oxidation sites excluding steroid dienone is 3. The third-order valence-electron chi connectivity index (χ3n) is 2.50. The molecule has 0 spiro atoms. The maximum Gasteiger partial charge on any atom is 0.392 e. The summed E-state index contributed by atoms with van der Waals surface area (Å²) in [5.41, 5.74) is 6.03. The van der Waals surface area contributed by atoms with Crippen molar-refractivity contribution < 1.29 is 18.0 Å². The highest BCUT2D eigenvalue weighted by Crippen LogP contribution is 2.30. The predicted octanol–water partition coefficient (Wildman–Crippen LogP) is 2.99. The molecule has 3 nitrogen and oxygen atoms in total. The van der Waals surface area contributed by atoms with E-state index in [-0.39, 0.29) is 11.3 Å². The van der Waals surface area contributed by atoms with Gasteiger partial charge in [0.1, 0.15) is 0 Å². The van der Waals surface area contributed by atoms with E-state index in [1.807, 2.05) is 6.08 Å². The zero-order chi connectivity index (χ0) is 13.1. The van der Waals surface area contributed by atoms with Gasteiger partial charge in [-0.05, 0) is 37.3 Å². The lowest BCUT2D eigenvalue weighted by Gasteiger charge is -2.15. The lowest BCUT2D eigenvalue weighted by Crippen LogP contribution is -2.30. The van der Waals surface area contributed by atoms with E-state index >= 15 is 0 Å². The summed E-state index contributed by atoms with van der Waals surface area (Å²) in [5.74, 6) is 0. The molecule has 0 radical (unpaired) electrons. The van der Waals surface area contributed by atoms with Crippen LogP contribution in [0, 0.1) is 0 Å². The van der Waals surface area contributed by atoms with Gasteiger partial charge in [-0.1, -0.05) is 6.08 Å². The Morgan fingerprint density at radius 2 is 2.18 bits per heavy atom. The molecular formula is C11H15F3N2O. The number of hydrogen-bond donors (Lipinski definition) is 2. The zero-order valence-corrected chi connectivity index (χ0v) is 9.53. The van der Waals surface area contributed by atoms with E-state index in [2.05, 4.69) is 5.32 Å². The van der Waals surface area contributed by atoms with Crippen molar-refractivity contribution in [3.8, 4) is 0 Å². The van der Waals surface area contributed by atoms with Gasteiger partial charge in [0, 0.05) is 5.70 Å². The number of nitrogens with one attached hydrogen (secondary N) is 1. The molecular weight excluding hydrogens is 233 g/mol. The standard InChI is InChI=1S/C11H15F3N2O/c1-7(6-11(12,13)14)9(16-10(15)17)8-4-2-3-5-8/h4H,2-3,5-6H2,1H3,(H3,15,16,17)/b9-7+. The van der Waals surface area contributed by atoms with Crippen LogP contribution in [0.25, 0.3) is 0 Å². The number of primary amides is 1. The Hall–Kier alpha value is -1.46. The average molecular weight is 248 g/mol. The summed E-state index contributed by atoms with van der Waals surface area (Å²) in [7, 11) is 0. The second-order valence-corrected chi connectivity index (χ2v) is 4.06. The first-order chi connectivity index (χ1) is 7.79. The lowest BCUT2D eigenvalue weighted by molar-refractivity contribution is -0.127. The Labute approximate surface area is 97.6 Å². The number of halogens is 3. The van der Waals surface area contributed by atoms with Crippen LogP contribution in [0.15, 0.2) is 22.9 Å². The molecule has 0 fully saturated rings. The molecule has 0 atom stereocenters. The topological polar surface area (TPSA) is 55.1 Å². The molecule has 0 saturated carbocycles. The molecule has 17 heavy (non-hydrogen) atoms. The number of nitrogens with two attached hydrogens (primary N) is 1. The van der Waals surface area contributed by atoms with Crippen LogP contribution in [0.4, 0.5) is 18.0 Å². The average Bonchev–Trinajstić information content (AvgIpc) is 2.63. The summed E-state index contributed by atoms with van der Waals surface area (Å²) in [4.78, 5) is 10.8. The highest BCUT2D eigenvalue weighted by atomic mass is 19.4. The molecule has 0 aliphatic heterocycles. The minimum atomic E-state index is -4.28. The number of urea groups is 1. The van der Waals surface area contributed by atoms with Crippen molar-refractivity contribution in [3.05, 3.63) is 22.9 Å². The fourth-order valence-electron chi connectivity index (χ4n) is 1.87. The maximum atomic E-state index is 12.3. The molecule has 0 aromatic rings. The Morgan fingerprint density at radius 3 is 2.59 bits per heavy atom. The van der Waals surface area contributed by atoms with Crippen molar-refractivity contribution in [2.24, 2.45) is 5.73 Å². The number of alkyl halides is 3. The molecule has 96 valence electrons. The second kappa shape index (κ2) is 5.25. The summed E-state index contributed by atoms with van der Waals surface area (Å²) < 4.78 is 36.9. The number of rotatable bonds is 3. The van der Waals surface area contributed by atoms with Gasteiger partial charge in [-0.15, -0.1) is 0 Å². The molecule has 0 heterocycles. The smallest absolute Gasteiger partial charge is 0.351 e. The largest absolute Gasteiger partial charge is 0.392 e. The fraction of sp³-hybridized carbons (Fsp3) is 0.545. The van der Waals surface area contributed by atoms with E-state index < -0.39 is 18.6 Å². The van der Waals surface area contributed by atoms with E-state index in [0.29, 0.717) is 6.42 Å². The Kier molecular flexibility index (Phi) is 4.20. The molecule has 0 unspecified atom stereocenters. The van der Waals surface area contributed by atoms with Crippen molar-refractivity contribution in [2.75, 3.05) is 0 Å². The summed E-state index contributed by atoms with van der Waals surface area (Å²) in [6, 6.07) is -0.839. The van der Waals surface area contributed by atoms with Crippen LogP contribution in [0.2, 0.25) is 0 Å². The first kappa shape index (κ1) is 13.6. The first-order valence-corrected chi connectivity index (χ1v) is 5.32. The predicted molar refractivity (Wildman–Crippen MR) is 58.0 cm³/mol. The number of hydrogen-bond acceptors (Lipinski definition) is 1. The quantitative estimate of drug-likeness (QED) is 0.792. The molecule has 6 heteroatoms. The van der Waals surface area contributed by atoms with Crippen LogP contribution in [0.5, 0.6) is 0 Å². The third kappa shape index (κ3) is 4.50. The van der Waals surface area contributed by atoms with Gasteiger partial charge < -0.3 is 11.1 Å². The highest BCUT2D eigenvalue weighted by Gasteiger charge is 2.29. The van der Waals surface area contributed by atoms with Crippen molar-refractivity contribution in [1.82, 2.24) is 5.32 Å². The lowest BCUT2D eigenvalue weighted by atomic mass is 10.0. The molecule has 1 aliphatic carbocycles. The van der Waals surface area contributed by atoms with E-state index in [1.54, 1.807) is 0 Å². The van der Waals surface area contributed by atoms with Crippen LogP contribution >= 0.6 is 0 Å². The van der Waals surface area contributed by atoms with Gasteiger partial charge in [-0.2, -0.15) is 13.2 Å². The number of carbonyl (C=O) groups is 1. The van der Waals surface area contributed by atoms with Gasteiger partial charge in [0.25, 0.3) is 0 Å². The van der Waals surface area contributed by atoms with Crippen LogP contribution in [-0.4, -0.2) is 12.2 Å². The van der Waals surface area contributed by atoms with Crippen LogP contribution in [0.3, 0.4) is 0 Å². The maximum absolute atomic E-state index is 12.3. The highest BCUT2D eigenvalue weighted by molar-refractivity contribution is 5.75. The molecule has 1 rings (SSSR count). The molecule has 0 aromatic heterocycles. The van der Waals surface area contributed by atoms with Gasteiger partial charge in [-0.25, -0.2) is 4.79 Å². The van der Waals surface area contributed by atoms with Gasteiger partial charge in [0.05, 0.1) is 6.42 Å². The van der Waals surface area contributed by atoms with Gasteiger partial charge >= 0.3 is 12.2 Å². The second-order valence-electron chi connectivity index (χ2n) is 4.06. The SMILES string of the molecule is C/C(CC(F)(F)F)=C(\NC(N)=O)C1=CCCC1. The van der Waals surface area contributed by atoms with Crippen molar-refractivity contribution in [3.63, 3.8) is 0 Å². The number of amides is 2. The number of carbonyl (C=O) groups excluding carboxylic acids is 1. The van der Waals surface area contributed by atoms with Crippen molar-refractivity contribution >= 4 is 6.03 Å². The van der Waals surface area contributed by atoms with Crippen LogP contribution < -0.4 is 11.1 Å². The van der Waals surface area contributed by atoms with E-state index in [0.717, 1.165) is 18.4 Å². The van der Waals surface area contributed by atoms with Gasteiger partial charge in [0.2, 0.25) is 0 Å². The third-order valence-corrected chi connectivity index (χ3v) is 2.50. The minimum absolute atomic E-state index is 0.0875. The summed E-state index contributed by atoms with van der Waals surface area (Å²) in [6.45, 7) is 1.36. The molecule has 0 bridgehead atoms. The monoisotopic (exact) mass is 248 g/mol. The van der Waals surface area contributed by atoms with Crippen LogP contribution in [-0.2, 0) is 0 Å². The Morgan fingerprint density at radius 1 is 1.53 bits per heavy atom. The summed E-state index contributed by atoms with van der Waals surface area (Å²) >= 11 is 0. The Balaban J connectivity index is 2.95. The Bertz CT molecular complexity index is 369. The molecule has 0 aromatic carbocycles. The van der Waals surface area contributed by atoms with E-state index in [4.69, 9.17) is 5.73 Å². The zero-order valence-electron chi connectivity index (χ0n) is 9.53. The van der Waals surface area contributed by atoms with Crippen molar-refractivity contribution in [2.45, 2.75) is 38.8 Å². The molecule has 1 aliphatic rings.